The number of rotatable bonds is 5. The lowest BCUT2D eigenvalue weighted by molar-refractivity contribution is -0.170. The lowest BCUT2D eigenvalue weighted by Gasteiger charge is -2.25. The van der Waals surface area contributed by atoms with E-state index in [4.69, 9.17) is 18.9 Å². The minimum absolute atomic E-state index is 0.106. The summed E-state index contributed by atoms with van der Waals surface area (Å²) in [7, 11) is 0. The highest BCUT2D eigenvalue weighted by atomic mass is 16.8. The van der Waals surface area contributed by atoms with E-state index in [-0.39, 0.29) is 12.2 Å². The lowest BCUT2D eigenvalue weighted by Crippen LogP contribution is -2.42. The minimum Gasteiger partial charge on any atom is -0.460 e. The van der Waals surface area contributed by atoms with Gasteiger partial charge in [-0.2, -0.15) is 0 Å². The molecule has 29 heavy (non-hydrogen) atoms. The van der Waals surface area contributed by atoms with Crippen LogP contribution in [0.1, 0.15) is 76.1 Å². The van der Waals surface area contributed by atoms with Crippen LogP contribution in [0.3, 0.4) is 0 Å². The molecule has 6 heteroatoms. The van der Waals surface area contributed by atoms with Gasteiger partial charge < -0.3 is 18.9 Å². The molecular weight excluding hydrogens is 372 g/mol. The van der Waals surface area contributed by atoms with Gasteiger partial charge in [0.1, 0.15) is 12.2 Å². The second-order valence-corrected chi connectivity index (χ2v) is 8.25. The van der Waals surface area contributed by atoms with Crippen LogP contribution in [0.5, 0.6) is 0 Å². The summed E-state index contributed by atoms with van der Waals surface area (Å²) in [6, 6.07) is 9.32. The molecule has 1 aliphatic heterocycles. The van der Waals surface area contributed by atoms with Gasteiger partial charge in [0.2, 0.25) is 0 Å². The van der Waals surface area contributed by atoms with E-state index in [9.17, 15) is 9.59 Å². The van der Waals surface area contributed by atoms with Crippen molar-refractivity contribution in [3.63, 3.8) is 0 Å². The van der Waals surface area contributed by atoms with E-state index in [0.29, 0.717) is 0 Å². The maximum atomic E-state index is 12.9. The van der Waals surface area contributed by atoms with Gasteiger partial charge in [0, 0.05) is 5.56 Å². The zero-order valence-electron chi connectivity index (χ0n) is 16.8. The Balaban J connectivity index is 1.45. The maximum Gasteiger partial charge on any atom is 0.339 e. The smallest absolute Gasteiger partial charge is 0.339 e. The minimum atomic E-state index is -1.10. The SMILES string of the molecule is O=C(OC1CCCCC1)[C@H]1OC(c2ccccc2)O[C@@H]1C(=O)OC1CCCCC1. The molecule has 2 aliphatic carbocycles. The number of hydrogen-bond donors (Lipinski definition) is 0. The van der Waals surface area contributed by atoms with E-state index in [0.717, 1.165) is 56.9 Å². The Hall–Kier alpha value is -1.92. The van der Waals surface area contributed by atoms with Crippen molar-refractivity contribution in [2.24, 2.45) is 0 Å². The van der Waals surface area contributed by atoms with Crippen LogP contribution in [-0.2, 0) is 28.5 Å². The van der Waals surface area contributed by atoms with Gasteiger partial charge in [-0.15, -0.1) is 0 Å². The monoisotopic (exact) mass is 402 g/mol. The van der Waals surface area contributed by atoms with Crippen LogP contribution in [0.2, 0.25) is 0 Å². The van der Waals surface area contributed by atoms with Crippen molar-refractivity contribution in [1.82, 2.24) is 0 Å². The lowest BCUT2D eigenvalue weighted by atomic mass is 9.97. The molecule has 3 aliphatic rings. The van der Waals surface area contributed by atoms with Crippen LogP contribution in [0.25, 0.3) is 0 Å². The summed E-state index contributed by atoms with van der Waals surface area (Å²) < 4.78 is 23.1. The van der Waals surface area contributed by atoms with E-state index in [1.54, 1.807) is 0 Å². The van der Waals surface area contributed by atoms with Crippen molar-refractivity contribution < 1.29 is 28.5 Å². The Kier molecular flexibility index (Phi) is 6.82. The molecule has 2 saturated carbocycles. The van der Waals surface area contributed by atoms with Crippen molar-refractivity contribution in [1.29, 1.82) is 0 Å². The summed E-state index contributed by atoms with van der Waals surface area (Å²) in [5, 5.41) is 0. The zero-order valence-corrected chi connectivity index (χ0v) is 16.8. The Labute approximate surface area is 171 Å². The fourth-order valence-electron chi connectivity index (χ4n) is 4.40. The highest BCUT2D eigenvalue weighted by molar-refractivity contribution is 5.86. The summed E-state index contributed by atoms with van der Waals surface area (Å²) in [5.74, 6) is -1.05. The Morgan fingerprint density at radius 2 is 1.14 bits per heavy atom. The van der Waals surface area contributed by atoms with E-state index in [1.165, 1.54) is 12.8 Å². The topological polar surface area (TPSA) is 71.1 Å². The third-order valence-corrected chi connectivity index (χ3v) is 6.02. The molecule has 0 N–H and O–H groups in total. The number of benzene rings is 1. The van der Waals surface area contributed by atoms with Crippen LogP contribution in [0.4, 0.5) is 0 Å². The van der Waals surface area contributed by atoms with Crippen molar-refractivity contribution in [2.45, 2.75) is 94.9 Å². The third kappa shape index (κ3) is 5.17. The quantitative estimate of drug-likeness (QED) is 0.687. The molecule has 2 atom stereocenters. The average molecular weight is 402 g/mol. The zero-order chi connectivity index (χ0) is 20.1. The number of esters is 2. The van der Waals surface area contributed by atoms with Gasteiger partial charge in [-0.3, -0.25) is 0 Å². The predicted molar refractivity (Wildman–Crippen MR) is 105 cm³/mol. The van der Waals surface area contributed by atoms with Crippen LogP contribution in [0.15, 0.2) is 30.3 Å². The Morgan fingerprint density at radius 1 is 0.690 bits per heavy atom. The first-order valence-electron chi connectivity index (χ1n) is 11.0. The number of ether oxygens (including phenoxy) is 4. The standard InChI is InChI=1S/C23H30O6/c24-21(26-17-12-6-2-7-13-17)19-20(22(25)27-18-14-8-3-9-15-18)29-23(28-19)16-10-4-1-5-11-16/h1,4-5,10-11,17-20,23H,2-3,6-9,12-15H2/t19-,20-/m0/s1. The van der Waals surface area contributed by atoms with Crippen molar-refractivity contribution >= 4 is 11.9 Å². The largest absolute Gasteiger partial charge is 0.460 e. The number of carbonyl (C=O) groups is 2. The summed E-state index contributed by atoms with van der Waals surface area (Å²) in [6.07, 6.45) is 6.80. The Morgan fingerprint density at radius 3 is 1.59 bits per heavy atom. The first-order chi connectivity index (χ1) is 14.2. The first kappa shape index (κ1) is 20.4. The molecule has 4 rings (SSSR count). The second kappa shape index (κ2) is 9.72. The molecule has 158 valence electrons. The number of hydrogen-bond acceptors (Lipinski definition) is 6. The van der Waals surface area contributed by atoms with Crippen LogP contribution < -0.4 is 0 Å². The molecule has 3 fully saturated rings. The second-order valence-electron chi connectivity index (χ2n) is 8.25. The summed E-state index contributed by atoms with van der Waals surface area (Å²) >= 11 is 0. The molecular formula is C23H30O6. The first-order valence-corrected chi connectivity index (χ1v) is 11.0. The van der Waals surface area contributed by atoms with Gasteiger partial charge in [0.05, 0.1) is 0 Å². The fraction of sp³-hybridized carbons (Fsp3) is 0.652. The van der Waals surface area contributed by atoms with Gasteiger partial charge in [-0.05, 0) is 51.4 Å². The average Bonchev–Trinajstić information content (AvgIpc) is 3.22. The van der Waals surface area contributed by atoms with Gasteiger partial charge in [-0.1, -0.05) is 43.2 Å². The molecule has 1 aromatic rings. The highest BCUT2D eigenvalue weighted by Gasteiger charge is 2.48. The van der Waals surface area contributed by atoms with Gasteiger partial charge in [0.25, 0.3) is 0 Å². The molecule has 0 aromatic heterocycles. The predicted octanol–water partition coefficient (Wildman–Crippen LogP) is 4.22. The van der Waals surface area contributed by atoms with Crippen molar-refractivity contribution in [2.75, 3.05) is 0 Å². The van der Waals surface area contributed by atoms with E-state index < -0.39 is 30.4 Å². The highest BCUT2D eigenvalue weighted by Crippen LogP contribution is 2.34. The normalized spacial score (nSPS) is 26.9. The summed E-state index contributed by atoms with van der Waals surface area (Å²) in [5.41, 5.74) is 0.760. The molecule has 1 aromatic carbocycles. The van der Waals surface area contributed by atoms with Crippen LogP contribution in [0, 0.1) is 0 Å². The van der Waals surface area contributed by atoms with Gasteiger partial charge >= 0.3 is 11.9 Å². The molecule has 0 amide bonds. The van der Waals surface area contributed by atoms with Gasteiger partial charge in [0.15, 0.2) is 18.5 Å². The molecule has 1 saturated heterocycles. The van der Waals surface area contributed by atoms with Crippen LogP contribution >= 0.6 is 0 Å². The fourth-order valence-corrected chi connectivity index (χ4v) is 4.40. The van der Waals surface area contributed by atoms with Gasteiger partial charge in [-0.25, -0.2) is 9.59 Å². The Bertz CT molecular complexity index is 638. The molecule has 1 heterocycles. The van der Waals surface area contributed by atoms with Crippen molar-refractivity contribution in [3.8, 4) is 0 Å². The third-order valence-electron chi connectivity index (χ3n) is 6.02. The molecule has 0 unspecified atom stereocenters. The van der Waals surface area contributed by atoms with Crippen LogP contribution in [-0.4, -0.2) is 36.4 Å². The summed E-state index contributed by atoms with van der Waals surface area (Å²) in [4.78, 5) is 25.7. The molecule has 0 radical (unpaired) electrons. The van der Waals surface area contributed by atoms with E-state index in [1.807, 2.05) is 30.3 Å². The van der Waals surface area contributed by atoms with Crippen molar-refractivity contribution in [3.05, 3.63) is 35.9 Å². The summed E-state index contributed by atoms with van der Waals surface area (Å²) in [6.45, 7) is 0. The molecule has 6 nitrogen and oxygen atoms in total. The van der Waals surface area contributed by atoms with E-state index >= 15 is 0 Å². The maximum absolute atomic E-state index is 12.9. The number of carbonyl (C=O) groups excluding carboxylic acids is 2. The molecule has 0 spiro atoms. The van der Waals surface area contributed by atoms with E-state index in [2.05, 4.69) is 0 Å². The molecule has 0 bridgehead atoms.